The lowest BCUT2D eigenvalue weighted by Crippen LogP contribution is -2.37. The summed E-state index contributed by atoms with van der Waals surface area (Å²) in [4.78, 5) is 0. The minimum absolute atomic E-state index is 0.116. The van der Waals surface area contributed by atoms with E-state index in [1.54, 1.807) is 18.2 Å². The van der Waals surface area contributed by atoms with E-state index in [0.29, 0.717) is 28.9 Å². The summed E-state index contributed by atoms with van der Waals surface area (Å²) in [5, 5.41) is 22.9. The van der Waals surface area contributed by atoms with Gasteiger partial charge in [-0.3, -0.25) is 0 Å². The molecule has 0 aliphatic carbocycles. The highest BCUT2D eigenvalue weighted by Crippen LogP contribution is 2.26. The Morgan fingerprint density at radius 1 is 1.10 bits per heavy atom. The molecule has 3 N–H and O–H groups in total. The highest BCUT2D eigenvalue weighted by atomic mass is 35.5. The molecule has 1 aromatic rings. The van der Waals surface area contributed by atoms with Crippen molar-refractivity contribution < 1.29 is 19.7 Å². The van der Waals surface area contributed by atoms with Crippen LogP contribution in [0.5, 0.6) is 5.75 Å². The molecule has 7 heteroatoms. The van der Waals surface area contributed by atoms with Crippen LogP contribution in [-0.2, 0) is 4.74 Å². The summed E-state index contributed by atoms with van der Waals surface area (Å²) in [6.07, 6.45) is -1.29. The van der Waals surface area contributed by atoms with Gasteiger partial charge in [-0.05, 0) is 12.1 Å². The lowest BCUT2D eigenvalue weighted by molar-refractivity contribution is 0.0582. The molecular formula is C13H19Cl2NO4. The first-order valence-corrected chi connectivity index (χ1v) is 6.92. The van der Waals surface area contributed by atoms with Crippen molar-refractivity contribution in [2.45, 2.75) is 12.2 Å². The quantitative estimate of drug-likeness (QED) is 0.639. The summed E-state index contributed by atoms with van der Waals surface area (Å²) in [6.45, 7) is 1.02. The fraction of sp³-hybridized carbons (Fsp3) is 0.538. The van der Waals surface area contributed by atoms with E-state index in [-0.39, 0.29) is 13.2 Å². The Bertz CT molecular complexity index is 406. The first kappa shape index (κ1) is 17.5. The SMILES string of the molecule is COCC(O)CNCC(O)COc1ccc(Cl)c(Cl)c1. The molecule has 0 fully saturated rings. The zero-order chi connectivity index (χ0) is 15.0. The van der Waals surface area contributed by atoms with E-state index in [9.17, 15) is 10.2 Å². The summed E-state index contributed by atoms with van der Waals surface area (Å²) >= 11 is 11.6. The second-order valence-electron chi connectivity index (χ2n) is 4.31. The third-order valence-electron chi connectivity index (χ3n) is 2.45. The summed E-state index contributed by atoms with van der Waals surface area (Å²) in [7, 11) is 1.52. The molecule has 0 saturated carbocycles. The molecule has 1 aromatic carbocycles. The van der Waals surface area contributed by atoms with Crippen LogP contribution in [0.15, 0.2) is 18.2 Å². The number of ether oxygens (including phenoxy) is 2. The lowest BCUT2D eigenvalue weighted by atomic mass is 10.3. The third kappa shape index (κ3) is 6.74. The fourth-order valence-corrected chi connectivity index (χ4v) is 1.77. The van der Waals surface area contributed by atoms with Gasteiger partial charge in [0.1, 0.15) is 18.5 Å². The van der Waals surface area contributed by atoms with Crippen molar-refractivity contribution in [2.24, 2.45) is 0 Å². The van der Waals surface area contributed by atoms with Crippen molar-refractivity contribution in [3.63, 3.8) is 0 Å². The molecular weight excluding hydrogens is 305 g/mol. The van der Waals surface area contributed by atoms with Gasteiger partial charge in [0.2, 0.25) is 0 Å². The number of benzene rings is 1. The lowest BCUT2D eigenvalue weighted by Gasteiger charge is -2.15. The number of aliphatic hydroxyl groups excluding tert-OH is 2. The van der Waals surface area contributed by atoms with E-state index in [2.05, 4.69) is 5.32 Å². The molecule has 5 nitrogen and oxygen atoms in total. The molecule has 0 radical (unpaired) electrons. The Kier molecular flexibility index (Phi) is 8.21. The van der Waals surface area contributed by atoms with Crippen LogP contribution in [0, 0.1) is 0 Å². The predicted octanol–water partition coefficient (Wildman–Crippen LogP) is 1.33. The van der Waals surface area contributed by atoms with E-state index >= 15 is 0 Å². The number of nitrogens with one attached hydrogen (secondary N) is 1. The Labute approximate surface area is 128 Å². The van der Waals surface area contributed by atoms with Crippen molar-refractivity contribution in [1.29, 1.82) is 0 Å². The van der Waals surface area contributed by atoms with Crippen molar-refractivity contribution in [3.8, 4) is 5.75 Å². The van der Waals surface area contributed by atoms with Gasteiger partial charge in [0.05, 0.1) is 22.8 Å². The monoisotopic (exact) mass is 323 g/mol. The van der Waals surface area contributed by atoms with Crippen molar-refractivity contribution in [2.75, 3.05) is 33.4 Å². The molecule has 0 heterocycles. The number of aliphatic hydroxyl groups is 2. The van der Waals surface area contributed by atoms with E-state index < -0.39 is 12.2 Å². The van der Waals surface area contributed by atoms with Gasteiger partial charge in [-0.15, -0.1) is 0 Å². The van der Waals surface area contributed by atoms with Crippen LogP contribution in [0.3, 0.4) is 0 Å². The average molecular weight is 324 g/mol. The molecule has 2 atom stereocenters. The van der Waals surface area contributed by atoms with Gasteiger partial charge in [-0.2, -0.15) is 0 Å². The normalized spacial score (nSPS) is 14.1. The molecule has 0 spiro atoms. The number of hydrogen-bond donors (Lipinski definition) is 3. The first-order valence-electron chi connectivity index (χ1n) is 6.16. The molecule has 20 heavy (non-hydrogen) atoms. The van der Waals surface area contributed by atoms with Crippen molar-refractivity contribution in [3.05, 3.63) is 28.2 Å². The van der Waals surface area contributed by atoms with Gasteiger partial charge in [0.25, 0.3) is 0 Å². The summed E-state index contributed by atoms with van der Waals surface area (Å²) < 4.78 is 10.2. The molecule has 1 rings (SSSR count). The highest BCUT2D eigenvalue weighted by molar-refractivity contribution is 6.42. The zero-order valence-corrected chi connectivity index (χ0v) is 12.7. The molecule has 0 saturated heterocycles. The molecule has 0 bridgehead atoms. The van der Waals surface area contributed by atoms with Gasteiger partial charge >= 0.3 is 0 Å². The molecule has 0 aromatic heterocycles. The van der Waals surface area contributed by atoms with Gasteiger partial charge < -0.3 is 25.0 Å². The van der Waals surface area contributed by atoms with Crippen LogP contribution < -0.4 is 10.1 Å². The number of methoxy groups -OCH3 is 1. The fourth-order valence-electron chi connectivity index (χ4n) is 1.49. The molecule has 0 aliphatic rings. The highest BCUT2D eigenvalue weighted by Gasteiger charge is 2.08. The standard InChI is InChI=1S/C13H19Cl2NO4/c1-19-7-9(17)5-16-6-10(18)8-20-11-2-3-12(14)13(15)4-11/h2-4,9-10,16-18H,5-8H2,1H3. The second-order valence-corrected chi connectivity index (χ2v) is 5.12. The maximum atomic E-state index is 9.72. The van der Waals surface area contributed by atoms with Gasteiger partial charge in [-0.25, -0.2) is 0 Å². The average Bonchev–Trinajstić information content (AvgIpc) is 2.40. The van der Waals surface area contributed by atoms with Crippen LogP contribution in [0.1, 0.15) is 0 Å². The second kappa shape index (κ2) is 9.39. The Morgan fingerprint density at radius 2 is 1.75 bits per heavy atom. The number of rotatable bonds is 9. The largest absolute Gasteiger partial charge is 0.491 e. The number of halogens is 2. The Morgan fingerprint density at radius 3 is 2.35 bits per heavy atom. The smallest absolute Gasteiger partial charge is 0.121 e. The summed E-state index contributed by atoms with van der Waals surface area (Å²) in [5.41, 5.74) is 0. The predicted molar refractivity (Wildman–Crippen MR) is 78.7 cm³/mol. The Balaban J connectivity index is 2.22. The Hall–Kier alpha value is -0.560. The first-order chi connectivity index (χ1) is 9.52. The minimum Gasteiger partial charge on any atom is -0.491 e. The maximum absolute atomic E-state index is 9.72. The minimum atomic E-state index is -0.695. The molecule has 0 aliphatic heterocycles. The zero-order valence-electron chi connectivity index (χ0n) is 11.2. The molecule has 0 amide bonds. The van der Waals surface area contributed by atoms with Crippen molar-refractivity contribution in [1.82, 2.24) is 5.32 Å². The summed E-state index contributed by atoms with van der Waals surface area (Å²) in [6, 6.07) is 4.90. The van der Waals surface area contributed by atoms with E-state index in [1.165, 1.54) is 7.11 Å². The number of hydrogen-bond acceptors (Lipinski definition) is 5. The van der Waals surface area contributed by atoms with Crippen LogP contribution in [-0.4, -0.2) is 55.8 Å². The van der Waals surface area contributed by atoms with Crippen LogP contribution in [0.2, 0.25) is 10.0 Å². The van der Waals surface area contributed by atoms with Crippen LogP contribution in [0.4, 0.5) is 0 Å². The maximum Gasteiger partial charge on any atom is 0.121 e. The molecule has 2 unspecified atom stereocenters. The van der Waals surface area contributed by atoms with Crippen LogP contribution >= 0.6 is 23.2 Å². The topological polar surface area (TPSA) is 71.0 Å². The van der Waals surface area contributed by atoms with Gasteiger partial charge in [0, 0.05) is 26.3 Å². The van der Waals surface area contributed by atoms with Crippen LogP contribution in [0.25, 0.3) is 0 Å². The van der Waals surface area contributed by atoms with Crippen molar-refractivity contribution >= 4 is 23.2 Å². The van der Waals surface area contributed by atoms with E-state index in [4.69, 9.17) is 32.7 Å². The third-order valence-corrected chi connectivity index (χ3v) is 3.19. The molecule has 114 valence electrons. The van der Waals surface area contributed by atoms with E-state index in [1.807, 2.05) is 0 Å². The van der Waals surface area contributed by atoms with E-state index in [0.717, 1.165) is 0 Å². The summed E-state index contributed by atoms with van der Waals surface area (Å²) in [5.74, 6) is 0.540. The van der Waals surface area contributed by atoms with Gasteiger partial charge in [-0.1, -0.05) is 23.2 Å². The van der Waals surface area contributed by atoms with Gasteiger partial charge in [0.15, 0.2) is 0 Å².